The number of halogens is 2. The number of hydrogen-bond donors (Lipinski definition) is 1. The molecule has 2 aromatic heterocycles. The van der Waals surface area contributed by atoms with Gasteiger partial charge in [0, 0.05) is 18.7 Å². The molecule has 0 aliphatic carbocycles. The Morgan fingerprint density at radius 1 is 1.26 bits per heavy atom. The maximum atomic E-state index is 11.3. The predicted molar refractivity (Wildman–Crippen MR) is 84.1 cm³/mol. The molecule has 1 amide bonds. The van der Waals surface area contributed by atoms with Crippen molar-refractivity contribution in [3.63, 3.8) is 0 Å². The fourth-order valence-corrected chi connectivity index (χ4v) is 2.53. The highest BCUT2D eigenvalue weighted by Crippen LogP contribution is 2.24. The van der Waals surface area contributed by atoms with Crippen LogP contribution in [0.4, 0.5) is 4.79 Å². The largest absolute Gasteiger partial charge is 1.00 e. The zero-order chi connectivity index (χ0) is 15.7. The molecule has 0 aliphatic rings. The lowest BCUT2D eigenvalue weighted by Crippen LogP contribution is -3.00. The van der Waals surface area contributed by atoms with E-state index in [1.165, 1.54) is 7.05 Å². The van der Waals surface area contributed by atoms with Gasteiger partial charge in [-0.3, -0.25) is 0 Å². The van der Waals surface area contributed by atoms with E-state index >= 15 is 0 Å². The Hall–Kier alpha value is -1.80. The SMILES string of the molecule is CNC(=O)Oc1cccc(-c2c[n+]3cc(Cl)ccc3n2C)c1.[I-]. The van der Waals surface area contributed by atoms with Gasteiger partial charge in [0.25, 0.3) is 5.65 Å². The van der Waals surface area contributed by atoms with Crippen LogP contribution in [0.3, 0.4) is 0 Å². The number of rotatable bonds is 2. The van der Waals surface area contributed by atoms with Gasteiger partial charge < -0.3 is 34.0 Å². The molecule has 3 aromatic rings. The summed E-state index contributed by atoms with van der Waals surface area (Å²) in [4.78, 5) is 11.3. The number of fused-ring (bicyclic) bond motifs is 1. The second-order valence-corrected chi connectivity index (χ2v) is 5.29. The number of ether oxygens (including phenoxy) is 1. The minimum absolute atomic E-state index is 0. The van der Waals surface area contributed by atoms with Crippen molar-refractivity contribution < 1.29 is 37.9 Å². The van der Waals surface area contributed by atoms with E-state index < -0.39 is 6.09 Å². The van der Waals surface area contributed by atoms with E-state index in [0.29, 0.717) is 10.8 Å². The van der Waals surface area contributed by atoms with E-state index in [0.717, 1.165) is 16.9 Å². The molecule has 7 heteroatoms. The highest BCUT2D eigenvalue weighted by molar-refractivity contribution is 6.30. The number of carbonyl (C=O) groups is 1. The van der Waals surface area contributed by atoms with Crippen LogP contribution in [0.5, 0.6) is 5.75 Å². The van der Waals surface area contributed by atoms with Crippen molar-refractivity contribution in [2.45, 2.75) is 0 Å². The zero-order valence-electron chi connectivity index (χ0n) is 12.6. The molecule has 23 heavy (non-hydrogen) atoms. The fourth-order valence-electron chi connectivity index (χ4n) is 2.36. The van der Waals surface area contributed by atoms with Crippen molar-refractivity contribution in [3.05, 3.63) is 53.8 Å². The first-order chi connectivity index (χ1) is 10.6. The van der Waals surface area contributed by atoms with E-state index in [-0.39, 0.29) is 24.0 Å². The van der Waals surface area contributed by atoms with Crippen LogP contribution in [0.1, 0.15) is 0 Å². The Balaban J connectivity index is 0.00000192. The first-order valence-corrected chi connectivity index (χ1v) is 7.12. The van der Waals surface area contributed by atoms with Crippen LogP contribution in [0.15, 0.2) is 48.8 Å². The predicted octanol–water partition coefficient (Wildman–Crippen LogP) is -0.194. The number of nitrogens with one attached hydrogen (secondary N) is 1. The van der Waals surface area contributed by atoms with Gasteiger partial charge in [0.05, 0.1) is 12.1 Å². The summed E-state index contributed by atoms with van der Waals surface area (Å²) < 4.78 is 9.18. The maximum Gasteiger partial charge on any atom is 0.412 e. The van der Waals surface area contributed by atoms with Gasteiger partial charge in [-0.2, -0.15) is 0 Å². The van der Waals surface area contributed by atoms with Crippen molar-refractivity contribution in [2.24, 2.45) is 7.05 Å². The number of imidazole rings is 1. The molecule has 5 nitrogen and oxygen atoms in total. The third-order valence-corrected chi connectivity index (χ3v) is 3.65. The number of benzene rings is 1. The summed E-state index contributed by atoms with van der Waals surface area (Å²) in [6.45, 7) is 0. The van der Waals surface area contributed by atoms with Crippen LogP contribution in [0, 0.1) is 0 Å². The summed E-state index contributed by atoms with van der Waals surface area (Å²) in [7, 11) is 3.50. The van der Waals surface area contributed by atoms with Crippen molar-refractivity contribution >= 4 is 23.3 Å². The Kier molecular flexibility index (Phi) is 5.48. The summed E-state index contributed by atoms with van der Waals surface area (Å²) in [6, 6.07) is 11.2. The van der Waals surface area contributed by atoms with Crippen molar-refractivity contribution in [2.75, 3.05) is 7.05 Å². The molecule has 0 fully saturated rings. The van der Waals surface area contributed by atoms with E-state index in [1.54, 1.807) is 6.07 Å². The van der Waals surface area contributed by atoms with Gasteiger partial charge in [-0.15, -0.1) is 0 Å². The average molecular weight is 444 g/mol. The van der Waals surface area contributed by atoms with Crippen molar-refractivity contribution in [1.82, 2.24) is 9.88 Å². The molecule has 3 rings (SSSR count). The summed E-state index contributed by atoms with van der Waals surface area (Å²) in [5, 5.41) is 3.10. The molecule has 0 radical (unpaired) electrons. The lowest BCUT2D eigenvalue weighted by molar-refractivity contribution is -0.510. The molecule has 2 heterocycles. The number of carbonyl (C=O) groups excluding carboxylic acids is 1. The Morgan fingerprint density at radius 3 is 2.78 bits per heavy atom. The van der Waals surface area contributed by atoms with Gasteiger partial charge in [0.1, 0.15) is 18.1 Å². The number of aryl methyl sites for hydroxylation is 1. The first kappa shape index (κ1) is 17.6. The van der Waals surface area contributed by atoms with Gasteiger partial charge in [0.15, 0.2) is 5.69 Å². The Morgan fingerprint density at radius 2 is 2.04 bits per heavy atom. The quantitative estimate of drug-likeness (QED) is 0.441. The number of amides is 1. The Labute approximate surface area is 155 Å². The van der Waals surface area contributed by atoms with E-state index in [4.69, 9.17) is 16.3 Å². The monoisotopic (exact) mass is 443 g/mol. The third kappa shape index (κ3) is 3.59. The van der Waals surface area contributed by atoms with Crippen LogP contribution in [0.25, 0.3) is 16.9 Å². The topological polar surface area (TPSA) is 47.4 Å². The van der Waals surface area contributed by atoms with Gasteiger partial charge in [0.2, 0.25) is 0 Å². The third-order valence-electron chi connectivity index (χ3n) is 3.43. The second-order valence-electron chi connectivity index (χ2n) is 4.85. The molecule has 0 aliphatic heterocycles. The van der Waals surface area contributed by atoms with Crippen LogP contribution < -0.4 is 38.4 Å². The Bertz CT molecular complexity index is 864. The summed E-state index contributed by atoms with van der Waals surface area (Å²) in [5.74, 6) is 0.491. The molecule has 0 unspecified atom stereocenters. The molecular formula is C16H15ClIN3O2. The van der Waals surface area contributed by atoms with Crippen molar-refractivity contribution in [3.8, 4) is 17.0 Å². The average Bonchev–Trinajstić information content (AvgIpc) is 2.83. The molecule has 1 N–H and O–H groups in total. The number of pyridine rings is 1. The van der Waals surface area contributed by atoms with Gasteiger partial charge >= 0.3 is 6.09 Å². The molecule has 120 valence electrons. The number of nitrogens with zero attached hydrogens (tertiary/aromatic N) is 2. The van der Waals surface area contributed by atoms with Gasteiger partial charge in [-0.1, -0.05) is 23.7 Å². The second kappa shape index (κ2) is 7.18. The van der Waals surface area contributed by atoms with Crippen molar-refractivity contribution in [1.29, 1.82) is 0 Å². The normalized spacial score (nSPS) is 10.2. The summed E-state index contributed by atoms with van der Waals surface area (Å²) in [5.41, 5.74) is 2.95. The first-order valence-electron chi connectivity index (χ1n) is 6.75. The summed E-state index contributed by atoms with van der Waals surface area (Å²) in [6.07, 6.45) is 3.35. The standard InChI is InChI=1S/C16H14ClN3O2.HI/c1-18-16(21)22-13-5-3-4-11(8-13)14-10-20-9-12(17)6-7-15(20)19(14)2;/h3-10H,1-2H3;1H. The zero-order valence-corrected chi connectivity index (χ0v) is 15.5. The number of aromatic nitrogens is 2. The van der Waals surface area contributed by atoms with E-state index in [2.05, 4.69) is 9.88 Å². The van der Waals surface area contributed by atoms with Crippen LogP contribution in [0.2, 0.25) is 5.02 Å². The van der Waals surface area contributed by atoms with E-state index in [1.807, 2.05) is 54.2 Å². The molecule has 0 saturated carbocycles. The van der Waals surface area contributed by atoms with Crippen LogP contribution in [-0.4, -0.2) is 17.7 Å². The van der Waals surface area contributed by atoms with E-state index in [9.17, 15) is 4.79 Å². The molecule has 0 bridgehead atoms. The van der Waals surface area contributed by atoms with Crippen LogP contribution >= 0.6 is 11.6 Å². The molecule has 0 atom stereocenters. The lowest BCUT2D eigenvalue weighted by atomic mass is 10.1. The number of hydrogen-bond acceptors (Lipinski definition) is 2. The highest BCUT2D eigenvalue weighted by atomic mass is 127. The van der Waals surface area contributed by atoms with Gasteiger partial charge in [-0.05, 0) is 18.2 Å². The minimum atomic E-state index is -0.490. The minimum Gasteiger partial charge on any atom is -1.00 e. The molecule has 0 saturated heterocycles. The highest BCUT2D eigenvalue weighted by Gasteiger charge is 2.16. The summed E-state index contributed by atoms with van der Waals surface area (Å²) >= 11 is 6.03. The van der Waals surface area contributed by atoms with Crippen LogP contribution in [-0.2, 0) is 7.05 Å². The lowest BCUT2D eigenvalue weighted by Gasteiger charge is -2.04. The fraction of sp³-hybridized carbons (Fsp3) is 0.125. The maximum absolute atomic E-state index is 11.3. The molecule has 0 spiro atoms. The van der Waals surface area contributed by atoms with Gasteiger partial charge in [-0.25, -0.2) is 13.8 Å². The smallest absolute Gasteiger partial charge is 0.412 e. The molecular weight excluding hydrogens is 429 g/mol. The molecule has 1 aromatic carbocycles.